The zero-order valence-electron chi connectivity index (χ0n) is 19.5. The number of hydrogen-bond donors (Lipinski definition) is 6. The van der Waals surface area contributed by atoms with Gasteiger partial charge < -0.3 is 31.5 Å². The summed E-state index contributed by atoms with van der Waals surface area (Å²) in [7, 11) is 3.04. The molecule has 4 rings (SSSR count). The Kier molecular flexibility index (Phi) is 7.75. The van der Waals surface area contributed by atoms with E-state index >= 15 is 0 Å². The number of amides is 2. The summed E-state index contributed by atoms with van der Waals surface area (Å²) in [5.74, 6) is -8.09. The molecule has 37 heavy (non-hydrogen) atoms. The summed E-state index contributed by atoms with van der Waals surface area (Å²) >= 11 is 9.26. The number of nitrogens with zero attached hydrogens (tertiary/aromatic N) is 1. The van der Waals surface area contributed by atoms with Crippen LogP contribution in [0.3, 0.4) is 0 Å². The largest absolute Gasteiger partial charge is 0.508 e. The van der Waals surface area contributed by atoms with E-state index in [1.54, 1.807) is 0 Å². The fraction of sp³-hybridized carbons (Fsp3) is 0.391. The van der Waals surface area contributed by atoms with Crippen molar-refractivity contribution in [3.8, 4) is 5.75 Å². The number of nitrogens with two attached hydrogens (primary N) is 1. The van der Waals surface area contributed by atoms with Crippen LogP contribution in [0.2, 0.25) is 5.02 Å². The number of Topliss-reactive ketones (excluding diaryl/α,β-unsaturated/α-hetero) is 2. The first kappa shape index (κ1) is 28.9. The molecule has 200 valence electrons. The van der Waals surface area contributed by atoms with E-state index in [9.17, 15) is 39.6 Å². The molecule has 1 saturated carbocycles. The zero-order chi connectivity index (χ0) is 26.9. The molecule has 0 aliphatic heterocycles. The van der Waals surface area contributed by atoms with E-state index in [2.05, 4.69) is 21.2 Å². The predicted octanol–water partition coefficient (Wildman–Crippen LogP) is 1.37. The molecule has 0 aromatic heterocycles. The molecule has 11 nitrogen and oxygen atoms in total. The van der Waals surface area contributed by atoms with Gasteiger partial charge in [-0.15, -0.1) is 12.4 Å². The van der Waals surface area contributed by atoms with E-state index in [4.69, 9.17) is 17.3 Å². The maximum atomic E-state index is 13.7. The van der Waals surface area contributed by atoms with Crippen LogP contribution in [0, 0.1) is 11.8 Å². The molecule has 7 N–H and O–H groups in total. The molecule has 0 spiro atoms. The highest BCUT2D eigenvalue weighted by molar-refractivity contribution is 9.09. The van der Waals surface area contributed by atoms with Crippen LogP contribution >= 0.6 is 39.9 Å². The maximum Gasteiger partial charge on any atom is 0.255 e. The molecule has 0 bridgehead atoms. The Morgan fingerprint density at radius 3 is 2.43 bits per heavy atom. The highest BCUT2D eigenvalue weighted by atomic mass is 79.9. The number of alkyl halides is 1. The fourth-order valence-electron chi connectivity index (χ4n) is 5.56. The average Bonchev–Trinajstić information content (AvgIpc) is 2.78. The number of phenolic OH excluding ortho intramolecular Hbond substituents is 1. The average molecular weight is 621 g/mol. The normalized spacial score (nSPS) is 26.8. The predicted molar refractivity (Wildman–Crippen MR) is 139 cm³/mol. The molecule has 3 aliphatic carbocycles. The van der Waals surface area contributed by atoms with Crippen molar-refractivity contribution in [3.63, 3.8) is 0 Å². The van der Waals surface area contributed by atoms with Gasteiger partial charge in [-0.2, -0.15) is 0 Å². The lowest BCUT2D eigenvalue weighted by atomic mass is 9.57. The van der Waals surface area contributed by atoms with Crippen molar-refractivity contribution in [2.24, 2.45) is 17.6 Å². The zero-order valence-corrected chi connectivity index (χ0v) is 22.7. The van der Waals surface area contributed by atoms with Crippen molar-refractivity contribution >= 4 is 74.8 Å². The Bertz CT molecular complexity index is 1310. The number of benzene rings is 1. The van der Waals surface area contributed by atoms with Crippen LogP contribution in [-0.2, 0) is 25.6 Å². The van der Waals surface area contributed by atoms with Gasteiger partial charge in [0.25, 0.3) is 5.91 Å². The Morgan fingerprint density at radius 1 is 1.27 bits per heavy atom. The molecule has 14 heteroatoms. The smallest absolute Gasteiger partial charge is 0.255 e. The number of aliphatic hydroxyl groups excluding tert-OH is 2. The van der Waals surface area contributed by atoms with Crippen molar-refractivity contribution in [1.82, 2.24) is 4.90 Å². The quantitative estimate of drug-likeness (QED) is 0.164. The van der Waals surface area contributed by atoms with Gasteiger partial charge in [0.15, 0.2) is 17.1 Å². The van der Waals surface area contributed by atoms with Gasteiger partial charge in [0.2, 0.25) is 11.7 Å². The van der Waals surface area contributed by atoms with E-state index in [0.717, 1.165) is 0 Å². The van der Waals surface area contributed by atoms with E-state index in [1.807, 2.05) is 0 Å². The van der Waals surface area contributed by atoms with Gasteiger partial charge in [-0.3, -0.25) is 24.1 Å². The summed E-state index contributed by atoms with van der Waals surface area (Å²) in [5.41, 5.74) is 1.43. The molecule has 0 saturated heterocycles. The van der Waals surface area contributed by atoms with Crippen molar-refractivity contribution in [2.45, 2.75) is 24.5 Å². The third-order valence-electron chi connectivity index (χ3n) is 7.05. The summed E-state index contributed by atoms with van der Waals surface area (Å²) in [6, 6.07) is 0.276. The van der Waals surface area contributed by atoms with Gasteiger partial charge in [-0.05, 0) is 44.5 Å². The van der Waals surface area contributed by atoms with E-state index < -0.39 is 69.7 Å². The number of phenols is 1. The summed E-state index contributed by atoms with van der Waals surface area (Å²) in [6.07, 6.45) is 0.0563. The second-order valence-electron chi connectivity index (χ2n) is 9.26. The number of primary amides is 1. The Balaban J connectivity index is 0.00000380. The Labute approximate surface area is 230 Å². The number of hydrogen-bond acceptors (Lipinski definition) is 9. The van der Waals surface area contributed by atoms with Crippen LogP contribution in [-0.4, -0.2) is 79.8 Å². The van der Waals surface area contributed by atoms with Crippen LogP contribution in [0.5, 0.6) is 5.75 Å². The molecule has 2 amide bonds. The highest BCUT2D eigenvalue weighted by Gasteiger charge is 2.64. The van der Waals surface area contributed by atoms with Gasteiger partial charge in [0.05, 0.1) is 22.0 Å². The van der Waals surface area contributed by atoms with Gasteiger partial charge in [-0.25, -0.2) is 0 Å². The molecule has 0 heterocycles. The number of carbonyl (C=O) groups excluding carboxylic acids is 4. The standard InChI is InChI=1S/C23H23BrClN3O8.ClH/c1-28(2)16-9-4-7-3-8-5-10(25)15(27-11(29)6-24)18(31)12(8)17(30)13(7)20(33)23(9,36)21(34)14(19(16)32)22(26)35;/h5,7,9,16,30-31,34,36H,3-4,6H2,1-2H3,(H2,26,35)(H,27,29);1H/t7?,9?,16-,23?;/m0./s1. The van der Waals surface area contributed by atoms with Crippen LogP contribution in [0.25, 0.3) is 5.76 Å². The van der Waals surface area contributed by atoms with Crippen LogP contribution in [0.15, 0.2) is 23.0 Å². The number of nitrogens with one attached hydrogen (secondary N) is 1. The third-order valence-corrected chi connectivity index (χ3v) is 7.86. The van der Waals surface area contributed by atoms with Crippen molar-refractivity contribution < 1.29 is 39.6 Å². The van der Waals surface area contributed by atoms with E-state index in [-0.39, 0.29) is 52.4 Å². The number of aliphatic hydroxyl groups is 3. The number of rotatable bonds is 4. The summed E-state index contributed by atoms with van der Waals surface area (Å²) < 4.78 is 0. The summed E-state index contributed by atoms with van der Waals surface area (Å²) in [5, 5.41) is 46.7. The first-order valence-electron chi connectivity index (χ1n) is 10.8. The lowest BCUT2D eigenvalue weighted by Gasteiger charge is -2.50. The molecular formula is C23H24BrCl2N3O8. The van der Waals surface area contributed by atoms with Crippen LogP contribution in [0.4, 0.5) is 5.69 Å². The molecule has 1 aromatic carbocycles. The third kappa shape index (κ3) is 4.11. The number of carbonyl (C=O) groups is 4. The summed E-state index contributed by atoms with van der Waals surface area (Å²) in [4.78, 5) is 52.1. The highest BCUT2D eigenvalue weighted by Crippen LogP contribution is 2.54. The van der Waals surface area contributed by atoms with Crippen molar-refractivity contribution in [2.75, 3.05) is 24.7 Å². The number of aromatic hydroxyl groups is 1. The lowest BCUT2D eigenvalue weighted by molar-refractivity contribution is -0.153. The first-order chi connectivity index (χ1) is 16.8. The number of fused-ring (bicyclic) bond motifs is 3. The molecule has 3 unspecified atom stereocenters. The van der Waals surface area contributed by atoms with Crippen molar-refractivity contribution in [1.29, 1.82) is 0 Å². The fourth-order valence-corrected chi connectivity index (χ4v) is 5.96. The van der Waals surface area contributed by atoms with Gasteiger partial charge in [-0.1, -0.05) is 27.5 Å². The number of halogens is 3. The van der Waals surface area contributed by atoms with Crippen LogP contribution < -0.4 is 11.1 Å². The first-order valence-corrected chi connectivity index (χ1v) is 12.3. The second-order valence-corrected chi connectivity index (χ2v) is 10.2. The number of anilines is 1. The Hall–Kier alpha value is -2.64. The molecule has 0 radical (unpaired) electrons. The molecule has 1 aromatic rings. The number of ketones is 2. The van der Waals surface area contributed by atoms with E-state index in [0.29, 0.717) is 5.56 Å². The topological polar surface area (TPSA) is 190 Å². The van der Waals surface area contributed by atoms with Crippen LogP contribution in [0.1, 0.15) is 17.5 Å². The van der Waals surface area contributed by atoms with Gasteiger partial charge in [0, 0.05) is 11.5 Å². The van der Waals surface area contributed by atoms with Gasteiger partial charge >= 0.3 is 0 Å². The van der Waals surface area contributed by atoms with Gasteiger partial charge in [0.1, 0.15) is 22.8 Å². The molecular weight excluding hydrogens is 597 g/mol. The summed E-state index contributed by atoms with van der Waals surface area (Å²) in [6.45, 7) is 0. The SMILES string of the molecule is CN(C)[C@@H]1C(=O)C(C(N)=O)=C(O)C2(O)C(=O)C3=C(O)c4c(cc(Cl)c(NC(=O)CBr)c4O)CC3CC12.Cl. The molecule has 4 atom stereocenters. The van der Waals surface area contributed by atoms with Crippen molar-refractivity contribution in [3.05, 3.63) is 39.1 Å². The Morgan fingerprint density at radius 2 is 1.89 bits per heavy atom. The maximum absolute atomic E-state index is 13.7. The second kappa shape index (κ2) is 9.91. The molecule has 1 fully saturated rings. The monoisotopic (exact) mass is 619 g/mol. The number of likely N-dealkylation sites (N-methyl/N-ethyl adjacent to an activating group) is 1. The van der Waals surface area contributed by atoms with E-state index in [1.165, 1.54) is 25.1 Å². The molecule has 3 aliphatic rings. The lowest BCUT2D eigenvalue weighted by Crippen LogP contribution is -2.65. The minimum atomic E-state index is -2.72. The minimum absolute atomic E-state index is 0. The minimum Gasteiger partial charge on any atom is -0.508 e.